The van der Waals surface area contributed by atoms with Crippen molar-refractivity contribution in [2.24, 2.45) is 5.92 Å². The van der Waals surface area contributed by atoms with Gasteiger partial charge in [0, 0.05) is 19.6 Å². The molecule has 0 N–H and O–H groups in total. The van der Waals surface area contributed by atoms with E-state index in [2.05, 4.69) is 13.8 Å². The van der Waals surface area contributed by atoms with Crippen LogP contribution in [0.25, 0.3) is 0 Å². The minimum absolute atomic E-state index is 0.101. The molecule has 0 spiro atoms. The van der Waals surface area contributed by atoms with Crippen molar-refractivity contribution >= 4 is 12.2 Å². The molecule has 0 aliphatic carbocycles. The Morgan fingerprint density at radius 3 is 2.71 bits per heavy atom. The normalized spacial score (nSPS) is 24.4. The number of hydrogen-bond acceptors (Lipinski definition) is 3. The Kier molecular flexibility index (Phi) is 3.63. The van der Waals surface area contributed by atoms with Gasteiger partial charge in [-0.3, -0.25) is 9.69 Å². The van der Waals surface area contributed by atoms with Gasteiger partial charge in [-0.1, -0.05) is 13.8 Å². The summed E-state index contributed by atoms with van der Waals surface area (Å²) in [5.74, 6) is 0.564. The lowest BCUT2D eigenvalue weighted by Gasteiger charge is -2.40. The SMILES string of the molecule is CC(C)C1CN(C)C(=O)CN1CC=O. The standard InChI is InChI=1S/C10H18N2O2/c1-8(2)9-6-11(3)10(14)7-12(9)4-5-13/h5,8-9H,4,6-7H2,1-3H3. The number of aldehydes is 1. The van der Waals surface area contributed by atoms with Crippen molar-refractivity contribution in [2.75, 3.05) is 26.7 Å². The highest BCUT2D eigenvalue weighted by molar-refractivity contribution is 5.79. The molecule has 1 aliphatic rings. The van der Waals surface area contributed by atoms with E-state index < -0.39 is 0 Å². The van der Waals surface area contributed by atoms with Crippen LogP contribution in [0.4, 0.5) is 0 Å². The van der Waals surface area contributed by atoms with Gasteiger partial charge in [0.15, 0.2) is 0 Å². The lowest BCUT2D eigenvalue weighted by atomic mass is 10.00. The first-order chi connectivity index (χ1) is 6.56. The summed E-state index contributed by atoms with van der Waals surface area (Å²) < 4.78 is 0. The first-order valence-corrected chi connectivity index (χ1v) is 4.98. The fourth-order valence-electron chi connectivity index (χ4n) is 1.84. The molecule has 1 aliphatic heterocycles. The zero-order chi connectivity index (χ0) is 10.7. The van der Waals surface area contributed by atoms with Crippen molar-refractivity contribution in [3.8, 4) is 0 Å². The van der Waals surface area contributed by atoms with Crippen LogP contribution in [0.3, 0.4) is 0 Å². The number of rotatable bonds is 3. The van der Waals surface area contributed by atoms with Gasteiger partial charge in [0.25, 0.3) is 0 Å². The second-order valence-corrected chi connectivity index (χ2v) is 4.18. The van der Waals surface area contributed by atoms with Gasteiger partial charge in [-0.05, 0) is 5.92 Å². The van der Waals surface area contributed by atoms with Crippen molar-refractivity contribution < 1.29 is 9.59 Å². The summed E-state index contributed by atoms with van der Waals surface area (Å²) in [6.45, 7) is 5.70. The van der Waals surface area contributed by atoms with E-state index in [1.807, 2.05) is 11.9 Å². The highest BCUT2D eigenvalue weighted by atomic mass is 16.2. The zero-order valence-corrected chi connectivity index (χ0v) is 9.06. The van der Waals surface area contributed by atoms with E-state index in [9.17, 15) is 9.59 Å². The Labute approximate surface area is 84.9 Å². The van der Waals surface area contributed by atoms with Crippen LogP contribution in [0.2, 0.25) is 0 Å². The van der Waals surface area contributed by atoms with E-state index >= 15 is 0 Å². The lowest BCUT2D eigenvalue weighted by molar-refractivity contribution is -0.138. The molecule has 0 bridgehead atoms. The fraction of sp³-hybridized carbons (Fsp3) is 0.800. The topological polar surface area (TPSA) is 40.6 Å². The van der Waals surface area contributed by atoms with E-state index in [1.54, 1.807) is 4.90 Å². The molecule has 1 amide bonds. The molecule has 0 aromatic rings. The zero-order valence-electron chi connectivity index (χ0n) is 9.06. The van der Waals surface area contributed by atoms with Crippen LogP contribution >= 0.6 is 0 Å². The van der Waals surface area contributed by atoms with Gasteiger partial charge in [-0.25, -0.2) is 0 Å². The summed E-state index contributed by atoms with van der Waals surface area (Å²) in [6.07, 6.45) is 0.869. The quantitative estimate of drug-likeness (QED) is 0.599. The Balaban J connectivity index is 2.69. The molecule has 0 aromatic carbocycles. The van der Waals surface area contributed by atoms with E-state index in [4.69, 9.17) is 0 Å². The summed E-state index contributed by atoms with van der Waals surface area (Å²) >= 11 is 0. The Morgan fingerprint density at radius 1 is 1.57 bits per heavy atom. The maximum absolute atomic E-state index is 11.4. The van der Waals surface area contributed by atoms with Gasteiger partial charge >= 0.3 is 0 Å². The molecule has 1 fully saturated rings. The van der Waals surface area contributed by atoms with Crippen LogP contribution in [0.1, 0.15) is 13.8 Å². The highest BCUT2D eigenvalue weighted by Gasteiger charge is 2.31. The van der Waals surface area contributed by atoms with E-state index in [-0.39, 0.29) is 5.91 Å². The summed E-state index contributed by atoms with van der Waals surface area (Å²) in [5.41, 5.74) is 0. The van der Waals surface area contributed by atoms with Crippen LogP contribution in [0, 0.1) is 5.92 Å². The highest BCUT2D eigenvalue weighted by Crippen LogP contribution is 2.15. The molecule has 4 nitrogen and oxygen atoms in total. The summed E-state index contributed by atoms with van der Waals surface area (Å²) in [5, 5.41) is 0. The van der Waals surface area contributed by atoms with Crippen LogP contribution in [0.15, 0.2) is 0 Å². The first kappa shape index (κ1) is 11.2. The minimum Gasteiger partial charge on any atom is -0.343 e. The van der Waals surface area contributed by atoms with E-state index in [1.165, 1.54) is 0 Å². The molecule has 1 atom stereocenters. The number of hydrogen-bond donors (Lipinski definition) is 0. The number of carbonyl (C=O) groups is 2. The fourth-order valence-corrected chi connectivity index (χ4v) is 1.84. The van der Waals surface area contributed by atoms with Crippen LogP contribution in [0.5, 0.6) is 0 Å². The molecular weight excluding hydrogens is 180 g/mol. The van der Waals surface area contributed by atoms with Crippen molar-refractivity contribution in [1.29, 1.82) is 0 Å². The van der Waals surface area contributed by atoms with Crippen molar-refractivity contribution in [2.45, 2.75) is 19.9 Å². The van der Waals surface area contributed by atoms with Gasteiger partial charge in [0.1, 0.15) is 6.29 Å². The number of likely N-dealkylation sites (N-methyl/N-ethyl adjacent to an activating group) is 1. The minimum atomic E-state index is 0.101. The van der Waals surface area contributed by atoms with Gasteiger partial charge in [-0.2, -0.15) is 0 Å². The summed E-state index contributed by atoms with van der Waals surface area (Å²) in [4.78, 5) is 25.6. The molecule has 80 valence electrons. The smallest absolute Gasteiger partial charge is 0.236 e. The molecule has 14 heavy (non-hydrogen) atoms. The molecule has 0 saturated carbocycles. The Hall–Kier alpha value is -0.900. The van der Waals surface area contributed by atoms with Crippen LogP contribution in [-0.2, 0) is 9.59 Å². The molecule has 0 aromatic heterocycles. The number of piperazine rings is 1. The molecule has 1 saturated heterocycles. The average molecular weight is 198 g/mol. The predicted molar refractivity (Wildman–Crippen MR) is 53.9 cm³/mol. The molecule has 1 unspecified atom stereocenters. The average Bonchev–Trinajstić information content (AvgIpc) is 2.11. The maximum atomic E-state index is 11.4. The third-order valence-electron chi connectivity index (χ3n) is 2.77. The Morgan fingerprint density at radius 2 is 2.21 bits per heavy atom. The third kappa shape index (κ3) is 2.32. The first-order valence-electron chi connectivity index (χ1n) is 4.98. The molecule has 1 heterocycles. The third-order valence-corrected chi connectivity index (χ3v) is 2.77. The van der Waals surface area contributed by atoms with Gasteiger partial charge in [0.2, 0.25) is 5.91 Å². The van der Waals surface area contributed by atoms with Gasteiger partial charge < -0.3 is 9.69 Å². The molecule has 4 heteroatoms. The molecule has 0 radical (unpaired) electrons. The second kappa shape index (κ2) is 4.55. The van der Waals surface area contributed by atoms with E-state index in [0.29, 0.717) is 25.0 Å². The number of nitrogens with zero attached hydrogens (tertiary/aromatic N) is 2. The number of amides is 1. The Bertz CT molecular complexity index is 228. The van der Waals surface area contributed by atoms with Crippen LogP contribution < -0.4 is 0 Å². The maximum Gasteiger partial charge on any atom is 0.236 e. The van der Waals surface area contributed by atoms with Gasteiger partial charge in [0.05, 0.1) is 13.1 Å². The lowest BCUT2D eigenvalue weighted by Crippen LogP contribution is -2.57. The summed E-state index contributed by atoms with van der Waals surface area (Å²) in [7, 11) is 1.82. The number of carbonyl (C=O) groups excluding carboxylic acids is 2. The van der Waals surface area contributed by atoms with E-state index in [0.717, 1.165) is 12.8 Å². The monoisotopic (exact) mass is 198 g/mol. The summed E-state index contributed by atoms with van der Waals surface area (Å²) in [6, 6.07) is 0.308. The second-order valence-electron chi connectivity index (χ2n) is 4.18. The molecular formula is C10H18N2O2. The van der Waals surface area contributed by atoms with Crippen molar-refractivity contribution in [3.05, 3.63) is 0 Å². The van der Waals surface area contributed by atoms with Crippen molar-refractivity contribution in [3.63, 3.8) is 0 Å². The largest absolute Gasteiger partial charge is 0.343 e. The molecule has 1 rings (SSSR count). The van der Waals surface area contributed by atoms with Gasteiger partial charge in [-0.15, -0.1) is 0 Å². The van der Waals surface area contributed by atoms with Crippen LogP contribution in [-0.4, -0.2) is 54.7 Å². The predicted octanol–water partition coefficient (Wildman–Crippen LogP) is -0.0161. The van der Waals surface area contributed by atoms with Crippen molar-refractivity contribution in [1.82, 2.24) is 9.80 Å².